The maximum Gasteiger partial charge on any atom is 0.242 e. The van der Waals surface area contributed by atoms with E-state index in [-0.39, 0.29) is 10.8 Å². The highest BCUT2D eigenvalue weighted by Gasteiger charge is 2.23. The number of fused-ring (bicyclic) bond motifs is 2. The van der Waals surface area contributed by atoms with E-state index in [9.17, 15) is 13.2 Å². The Bertz CT molecular complexity index is 1230. The van der Waals surface area contributed by atoms with Gasteiger partial charge in [0.25, 0.3) is 0 Å². The standard InChI is InChI=1S/C23H30N4O3S2/c1-4-5-12-27-20-7-6-18(32(29,30)25(2)3)15-19(20)24-22(27)8-9-23(28)26-13-10-21-17(16-26)11-14-31-21/h6-7,11,14-15H,4-5,8-10,12-13,16H2,1-3H3. The zero-order valence-corrected chi connectivity index (χ0v) is 20.5. The minimum absolute atomic E-state index is 0.145. The lowest BCUT2D eigenvalue weighted by atomic mass is 10.1. The van der Waals surface area contributed by atoms with Crippen LogP contribution >= 0.6 is 11.3 Å². The molecule has 3 heterocycles. The van der Waals surface area contributed by atoms with Crippen LogP contribution in [0.1, 0.15) is 42.5 Å². The topological polar surface area (TPSA) is 75.5 Å². The van der Waals surface area contributed by atoms with Gasteiger partial charge in [-0.2, -0.15) is 0 Å². The summed E-state index contributed by atoms with van der Waals surface area (Å²) in [5.41, 5.74) is 2.84. The first-order valence-electron chi connectivity index (χ1n) is 11.1. The number of nitrogens with zero attached hydrogens (tertiary/aromatic N) is 4. The molecule has 0 saturated carbocycles. The van der Waals surface area contributed by atoms with E-state index in [1.807, 2.05) is 11.0 Å². The average molecular weight is 475 g/mol. The molecule has 1 amide bonds. The van der Waals surface area contributed by atoms with Crippen molar-refractivity contribution in [1.82, 2.24) is 18.8 Å². The molecular weight excluding hydrogens is 444 g/mol. The van der Waals surface area contributed by atoms with Crippen LogP contribution in [-0.2, 0) is 40.7 Å². The molecule has 0 atom stereocenters. The van der Waals surface area contributed by atoms with Gasteiger partial charge in [-0.3, -0.25) is 4.79 Å². The van der Waals surface area contributed by atoms with Gasteiger partial charge < -0.3 is 9.47 Å². The second-order valence-corrected chi connectivity index (χ2v) is 11.6. The molecule has 0 spiro atoms. The van der Waals surface area contributed by atoms with E-state index in [1.54, 1.807) is 23.5 Å². The summed E-state index contributed by atoms with van der Waals surface area (Å²) in [4.78, 5) is 21.2. The number of rotatable bonds is 8. The number of carbonyl (C=O) groups is 1. The predicted molar refractivity (Wildman–Crippen MR) is 127 cm³/mol. The summed E-state index contributed by atoms with van der Waals surface area (Å²) < 4.78 is 28.4. The lowest BCUT2D eigenvalue weighted by molar-refractivity contribution is -0.132. The fraction of sp³-hybridized carbons (Fsp3) is 0.478. The van der Waals surface area contributed by atoms with Crippen LogP contribution in [0.2, 0.25) is 0 Å². The van der Waals surface area contributed by atoms with Gasteiger partial charge in [0, 0.05) is 51.4 Å². The molecule has 0 saturated heterocycles. The summed E-state index contributed by atoms with van der Waals surface area (Å²) >= 11 is 1.77. The van der Waals surface area contributed by atoms with Gasteiger partial charge in [0.05, 0.1) is 15.9 Å². The highest BCUT2D eigenvalue weighted by molar-refractivity contribution is 7.89. The zero-order chi connectivity index (χ0) is 22.9. The molecule has 9 heteroatoms. The molecule has 1 aliphatic rings. The molecule has 0 bridgehead atoms. The van der Waals surface area contributed by atoms with Gasteiger partial charge >= 0.3 is 0 Å². The first kappa shape index (κ1) is 22.9. The summed E-state index contributed by atoms with van der Waals surface area (Å²) in [7, 11) is -0.477. The number of hydrogen-bond acceptors (Lipinski definition) is 5. The normalized spacial score (nSPS) is 14.3. The molecule has 0 fully saturated rings. The van der Waals surface area contributed by atoms with Gasteiger partial charge in [-0.25, -0.2) is 17.7 Å². The maximum atomic E-state index is 12.9. The van der Waals surface area contributed by atoms with E-state index in [4.69, 9.17) is 4.98 Å². The Balaban J connectivity index is 1.56. The Morgan fingerprint density at radius 3 is 2.81 bits per heavy atom. The summed E-state index contributed by atoms with van der Waals surface area (Å²) in [6.07, 6.45) is 3.91. The van der Waals surface area contributed by atoms with Gasteiger partial charge in [0.1, 0.15) is 5.82 Å². The Hall–Kier alpha value is -2.23. The minimum atomic E-state index is -3.52. The third-order valence-corrected chi connectivity index (χ3v) is 8.87. The Kier molecular flexibility index (Phi) is 6.69. The van der Waals surface area contributed by atoms with Crippen LogP contribution in [0.4, 0.5) is 0 Å². The molecule has 2 aromatic heterocycles. The summed E-state index contributed by atoms with van der Waals surface area (Å²) in [5, 5.41) is 2.10. The fourth-order valence-electron chi connectivity index (χ4n) is 4.13. The molecule has 3 aromatic rings. The highest BCUT2D eigenvalue weighted by atomic mass is 32.2. The van der Waals surface area contributed by atoms with Crippen molar-refractivity contribution in [3.05, 3.63) is 45.9 Å². The largest absolute Gasteiger partial charge is 0.338 e. The van der Waals surface area contributed by atoms with Gasteiger partial charge in [-0.1, -0.05) is 13.3 Å². The van der Waals surface area contributed by atoms with Crippen molar-refractivity contribution in [3.8, 4) is 0 Å². The molecule has 0 radical (unpaired) electrons. The Morgan fingerprint density at radius 2 is 2.06 bits per heavy atom. The number of thiophene rings is 1. The zero-order valence-electron chi connectivity index (χ0n) is 18.9. The second-order valence-electron chi connectivity index (χ2n) is 8.41. The Morgan fingerprint density at radius 1 is 1.25 bits per heavy atom. The quantitative estimate of drug-likeness (QED) is 0.499. The van der Waals surface area contributed by atoms with Crippen molar-refractivity contribution in [2.45, 2.75) is 57.0 Å². The van der Waals surface area contributed by atoms with Gasteiger partial charge in [-0.15, -0.1) is 11.3 Å². The number of benzene rings is 1. The van der Waals surface area contributed by atoms with Crippen LogP contribution in [-0.4, -0.2) is 53.7 Å². The lowest BCUT2D eigenvalue weighted by Gasteiger charge is -2.27. The van der Waals surface area contributed by atoms with Crippen LogP contribution in [0.25, 0.3) is 11.0 Å². The Labute approximate surface area is 193 Å². The first-order valence-corrected chi connectivity index (χ1v) is 13.4. The highest BCUT2D eigenvalue weighted by Crippen LogP contribution is 2.26. The van der Waals surface area contributed by atoms with E-state index >= 15 is 0 Å². The number of carbonyl (C=O) groups excluding carboxylic acids is 1. The number of unbranched alkanes of at least 4 members (excludes halogenated alkanes) is 1. The maximum absolute atomic E-state index is 12.9. The van der Waals surface area contributed by atoms with Crippen LogP contribution < -0.4 is 0 Å². The molecule has 0 N–H and O–H groups in total. The molecule has 1 aliphatic heterocycles. The van der Waals surface area contributed by atoms with Crippen molar-refractivity contribution >= 4 is 38.3 Å². The first-order chi connectivity index (χ1) is 15.3. The molecule has 1 aromatic carbocycles. The summed E-state index contributed by atoms with van der Waals surface area (Å²) in [6.45, 7) is 4.40. The second kappa shape index (κ2) is 9.33. The van der Waals surface area contributed by atoms with Crippen LogP contribution in [0.3, 0.4) is 0 Å². The van der Waals surface area contributed by atoms with Gasteiger partial charge in [-0.05, 0) is 48.1 Å². The van der Waals surface area contributed by atoms with E-state index in [0.717, 1.165) is 43.7 Å². The average Bonchev–Trinajstić information content (AvgIpc) is 3.38. The minimum Gasteiger partial charge on any atom is -0.338 e. The van der Waals surface area contributed by atoms with Crippen molar-refractivity contribution in [2.75, 3.05) is 20.6 Å². The third kappa shape index (κ3) is 4.46. The van der Waals surface area contributed by atoms with E-state index < -0.39 is 10.0 Å². The van der Waals surface area contributed by atoms with Gasteiger partial charge in [0.2, 0.25) is 15.9 Å². The molecule has 32 heavy (non-hydrogen) atoms. The van der Waals surface area contributed by atoms with E-state index in [0.29, 0.717) is 24.9 Å². The SMILES string of the molecule is CCCCn1c(CCC(=O)N2CCc3sccc3C2)nc2cc(S(=O)(=O)N(C)C)ccc21. The molecule has 172 valence electrons. The number of aromatic nitrogens is 2. The number of amides is 1. The number of hydrogen-bond donors (Lipinski definition) is 0. The number of imidazole rings is 1. The number of aryl methyl sites for hydroxylation is 2. The van der Waals surface area contributed by atoms with E-state index in [2.05, 4.69) is 22.9 Å². The fourth-order valence-corrected chi connectivity index (χ4v) is 5.94. The van der Waals surface area contributed by atoms with Crippen LogP contribution in [0.5, 0.6) is 0 Å². The molecular formula is C23H30N4O3S2. The predicted octanol–water partition coefficient (Wildman–Crippen LogP) is 3.67. The molecule has 4 rings (SSSR count). The van der Waals surface area contributed by atoms with Crippen molar-refractivity contribution in [3.63, 3.8) is 0 Å². The van der Waals surface area contributed by atoms with Crippen molar-refractivity contribution in [1.29, 1.82) is 0 Å². The monoisotopic (exact) mass is 474 g/mol. The van der Waals surface area contributed by atoms with Crippen LogP contribution in [0, 0.1) is 0 Å². The van der Waals surface area contributed by atoms with Crippen molar-refractivity contribution in [2.24, 2.45) is 0 Å². The van der Waals surface area contributed by atoms with E-state index in [1.165, 1.54) is 28.8 Å². The van der Waals surface area contributed by atoms with Crippen molar-refractivity contribution < 1.29 is 13.2 Å². The molecule has 0 unspecified atom stereocenters. The smallest absolute Gasteiger partial charge is 0.242 e. The summed E-state index contributed by atoms with van der Waals surface area (Å²) in [5.74, 6) is 0.987. The molecule has 0 aliphatic carbocycles. The lowest BCUT2D eigenvalue weighted by Crippen LogP contribution is -2.35. The molecule has 7 nitrogen and oxygen atoms in total. The van der Waals surface area contributed by atoms with Gasteiger partial charge in [0.15, 0.2) is 0 Å². The van der Waals surface area contributed by atoms with Crippen LogP contribution in [0.15, 0.2) is 34.5 Å². The summed E-state index contributed by atoms with van der Waals surface area (Å²) in [6, 6.07) is 7.23. The number of sulfonamides is 1. The third-order valence-electron chi connectivity index (χ3n) is 6.04.